The number of nitrogens with zero attached hydrogens (tertiary/aromatic N) is 2. The average Bonchev–Trinajstić information content (AvgIpc) is 2.41. The Morgan fingerprint density at radius 3 is 2.50 bits per heavy atom. The molecule has 2 rings (SSSR count). The van der Waals surface area contributed by atoms with E-state index in [1.165, 1.54) is 17.7 Å². The lowest BCUT2D eigenvalue weighted by Crippen LogP contribution is -2.39. The fourth-order valence-electron chi connectivity index (χ4n) is 2.58. The van der Waals surface area contributed by atoms with Crippen LogP contribution < -0.4 is 0 Å². The van der Waals surface area contributed by atoms with E-state index in [4.69, 9.17) is 5.26 Å². The number of likely N-dealkylation sites (tertiary alicyclic amines) is 1. The highest BCUT2D eigenvalue weighted by Gasteiger charge is 2.22. The molecule has 96 valence electrons. The van der Waals surface area contributed by atoms with Crippen LogP contribution in [0.4, 0.5) is 4.39 Å². The average molecular weight is 246 g/mol. The van der Waals surface area contributed by atoms with Gasteiger partial charge in [-0.15, -0.1) is 0 Å². The van der Waals surface area contributed by atoms with Crippen molar-refractivity contribution in [1.29, 1.82) is 5.26 Å². The van der Waals surface area contributed by atoms with Crippen LogP contribution in [0.15, 0.2) is 24.3 Å². The summed E-state index contributed by atoms with van der Waals surface area (Å²) in [6.45, 7) is 3.96. The summed E-state index contributed by atoms with van der Waals surface area (Å²) >= 11 is 0. The van der Waals surface area contributed by atoms with Crippen LogP contribution in [0.5, 0.6) is 0 Å². The van der Waals surface area contributed by atoms with Crippen molar-refractivity contribution in [1.82, 2.24) is 4.90 Å². The summed E-state index contributed by atoms with van der Waals surface area (Å²) in [6, 6.07) is 9.12. The smallest absolute Gasteiger partial charge is 0.123 e. The Hall–Kier alpha value is -1.40. The van der Waals surface area contributed by atoms with Gasteiger partial charge in [-0.25, -0.2) is 4.39 Å². The molecule has 1 aliphatic heterocycles. The molecule has 0 aliphatic carbocycles. The first kappa shape index (κ1) is 13.0. The van der Waals surface area contributed by atoms with Crippen molar-refractivity contribution in [2.45, 2.75) is 32.2 Å². The van der Waals surface area contributed by atoms with Gasteiger partial charge in [0, 0.05) is 0 Å². The topological polar surface area (TPSA) is 27.0 Å². The van der Waals surface area contributed by atoms with Crippen molar-refractivity contribution in [3.05, 3.63) is 35.6 Å². The standard InChI is InChI=1S/C15H19FN2/c1-12(11-17)18-8-6-14(7-9-18)10-13-2-4-15(16)5-3-13/h2-5,12,14H,6-10H2,1H3. The molecule has 1 fully saturated rings. The lowest BCUT2D eigenvalue weighted by Gasteiger charge is -2.33. The Morgan fingerprint density at radius 2 is 1.94 bits per heavy atom. The highest BCUT2D eigenvalue weighted by Crippen LogP contribution is 2.22. The minimum Gasteiger partial charge on any atom is -0.288 e. The molecular weight excluding hydrogens is 227 g/mol. The van der Waals surface area contributed by atoms with Gasteiger partial charge in [-0.1, -0.05) is 12.1 Å². The Morgan fingerprint density at radius 1 is 1.33 bits per heavy atom. The lowest BCUT2D eigenvalue weighted by molar-refractivity contribution is 0.165. The van der Waals surface area contributed by atoms with Gasteiger partial charge in [-0.05, 0) is 62.9 Å². The molecule has 0 radical (unpaired) electrons. The molecule has 1 atom stereocenters. The Kier molecular flexibility index (Phi) is 4.33. The molecule has 1 aliphatic rings. The number of piperidine rings is 1. The second-order valence-corrected chi connectivity index (χ2v) is 5.12. The van der Waals surface area contributed by atoms with Gasteiger partial charge in [-0.2, -0.15) is 5.26 Å². The van der Waals surface area contributed by atoms with Gasteiger partial charge in [0.25, 0.3) is 0 Å². The van der Waals surface area contributed by atoms with Crippen LogP contribution in [0.2, 0.25) is 0 Å². The molecule has 1 saturated heterocycles. The zero-order valence-corrected chi connectivity index (χ0v) is 10.8. The maximum atomic E-state index is 12.8. The number of rotatable bonds is 3. The van der Waals surface area contributed by atoms with E-state index in [0.29, 0.717) is 5.92 Å². The van der Waals surface area contributed by atoms with Crippen molar-refractivity contribution >= 4 is 0 Å². The lowest BCUT2D eigenvalue weighted by atomic mass is 9.90. The normalized spacial score (nSPS) is 19.4. The second kappa shape index (κ2) is 5.97. The van der Waals surface area contributed by atoms with Crippen LogP contribution in [0, 0.1) is 23.1 Å². The van der Waals surface area contributed by atoms with Gasteiger partial charge in [0.2, 0.25) is 0 Å². The minimum absolute atomic E-state index is 0.0248. The number of hydrogen-bond donors (Lipinski definition) is 0. The summed E-state index contributed by atoms with van der Waals surface area (Å²) in [5, 5.41) is 8.89. The Labute approximate surface area is 108 Å². The van der Waals surface area contributed by atoms with E-state index in [0.717, 1.165) is 32.4 Å². The van der Waals surface area contributed by atoms with E-state index in [1.54, 1.807) is 0 Å². The van der Waals surface area contributed by atoms with Crippen molar-refractivity contribution in [3.8, 4) is 6.07 Å². The first-order valence-corrected chi connectivity index (χ1v) is 6.57. The number of halogens is 1. The van der Waals surface area contributed by atoms with Crippen molar-refractivity contribution in [2.75, 3.05) is 13.1 Å². The zero-order chi connectivity index (χ0) is 13.0. The minimum atomic E-state index is -0.170. The second-order valence-electron chi connectivity index (χ2n) is 5.12. The van der Waals surface area contributed by atoms with E-state index < -0.39 is 0 Å². The van der Waals surface area contributed by atoms with E-state index in [9.17, 15) is 4.39 Å². The van der Waals surface area contributed by atoms with Gasteiger partial charge in [0.1, 0.15) is 5.82 Å². The third-order valence-electron chi connectivity index (χ3n) is 3.82. The van der Waals surface area contributed by atoms with Crippen molar-refractivity contribution < 1.29 is 4.39 Å². The molecule has 1 unspecified atom stereocenters. The van der Waals surface area contributed by atoms with Crippen LogP contribution in [0.1, 0.15) is 25.3 Å². The molecule has 1 heterocycles. The Bertz CT molecular complexity index is 413. The van der Waals surface area contributed by atoms with Gasteiger partial charge in [0.15, 0.2) is 0 Å². The predicted molar refractivity (Wildman–Crippen MR) is 69.5 cm³/mol. The SMILES string of the molecule is CC(C#N)N1CCC(Cc2ccc(F)cc2)CC1. The molecule has 0 aromatic heterocycles. The predicted octanol–water partition coefficient (Wildman–Crippen LogP) is 2.99. The van der Waals surface area contributed by atoms with Gasteiger partial charge >= 0.3 is 0 Å². The molecule has 0 saturated carbocycles. The fraction of sp³-hybridized carbons (Fsp3) is 0.533. The van der Waals surface area contributed by atoms with Crippen molar-refractivity contribution in [3.63, 3.8) is 0 Å². The molecule has 1 aromatic carbocycles. The van der Waals surface area contributed by atoms with Crippen LogP contribution in [-0.4, -0.2) is 24.0 Å². The van der Waals surface area contributed by atoms with Crippen LogP contribution >= 0.6 is 0 Å². The summed E-state index contributed by atoms with van der Waals surface area (Å²) in [5.41, 5.74) is 1.21. The molecule has 0 spiro atoms. The maximum absolute atomic E-state index is 12.8. The van der Waals surface area contributed by atoms with E-state index in [-0.39, 0.29) is 11.9 Å². The highest BCUT2D eigenvalue weighted by atomic mass is 19.1. The molecule has 18 heavy (non-hydrogen) atoms. The van der Waals surface area contributed by atoms with Gasteiger partial charge in [0.05, 0.1) is 12.1 Å². The van der Waals surface area contributed by atoms with E-state index in [1.807, 2.05) is 19.1 Å². The number of nitriles is 1. The molecule has 3 heteroatoms. The molecular formula is C15H19FN2. The molecule has 1 aromatic rings. The molecule has 0 N–H and O–H groups in total. The van der Waals surface area contributed by atoms with E-state index >= 15 is 0 Å². The maximum Gasteiger partial charge on any atom is 0.123 e. The van der Waals surface area contributed by atoms with Crippen LogP contribution in [-0.2, 0) is 6.42 Å². The third-order valence-corrected chi connectivity index (χ3v) is 3.82. The first-order chi connectivity index (χ1) is 8.69. The number of benzene rings is 1. The van der Waals surface area contributed by atoms with Gasteiger partial charge < -0.3 is 0 Å². The highest BCUT2D eigenvalue weighted by molar-refractivity contribution is 5.16. The summed E-state index contributed by atoms with van der Waals surface area (Å²) in [4.78, 5) is 2.24. The summed E-state index contributed by atoms with van der Waals surface area (Å²) in [6.07, 6.45) is 3.28. The quantitative estimate of drug-likeness (QED) is 0.819. The van der Waals surface area contributed by atoms with Crippen LogP contribution in [0.25, 0.3) is 0 Å². The first-order valence-electron chi connectivity index (χ1n) is 6.57. The monoisotopic (exact) mass is 246 g/mol. The van der Waals surface area contributed by atoms with Crippen LogP contribution in [0.3, 0.4) is 0 Å². The third kappa shape index (κ3) is 3.30. The van der Waals surface area contributed by atoms with Crippen molar-refractivity contribution in [2.24, 2.45) is 5.92 Å². The van der Waals surface area contributed by atoms with Gasteiger partial charge in [-0.3, -0.25) is 4.90 Å². The Balaban J connectivity index is 1.84. The van der Waals surface area contributed by atoms with E-state index in [2.05, 4.69) is 11.0 Å². The number of hydrogen-bond acceptors (Lipinski definition) is 2. The zero-order valence-electron chi connectivity index (χ0n) is 10.8. The summed E-state index contributed by atoms with van der Waals surface area (Å²) < 4.78 is 12.8. The summed E-state index contributed by atoms with van der Waals surface area (Å²) in [7, 11) is 0. The molecule has 0 amide bonds. The largest absolute Gasteiger partial charge is 0.288 e. The molecule has 2 nitrogen and oxygen atoms in total. The molecule has 0 bridgehead atoms. The summed E-state index contributed by atoms with van der Waals surface area (Å²) in [5.74, 6) is 0.494. The fourth-order valence-corrected chi connectivity index (χ4v) is 2.58.